The third kappa shape index (κ3) is 4.58. The normalized spacial score (nSPS) is 19.5. The van der Waals surface area contributed by atoms with Crippen LogP contribution in [0.3, 0.4) is 0 Å². The van der Waals surface area contributed by atoms with Crippen molar-refractivity contribution in [2.45, 2.75) is 64.1 Å². The molecule has 1 fully saturated rings. The third-order valence-corrected chi connectivity index (χ3v) is 4.87. The number of carbonyl (C=O) groups excluding carboxylic acids is 2. The first-order valence-corrected chi connectivity index (χ1v) is 8.80. The average Bonchev–Trinajstić information content (AvgIpc) is 2.53. The quantitative estimate of drug-likeness (QED) is 0.431. The Hall–Kier alpha value is -1.92. The number of piperidine rings is 1. The minimum absolute atomic E-state index is 0.0663. The molecule has 0 aliphatic carbocycles. The number of nitrogens with two attached hydrogens (primary N) is 1. The minimum Gasteiger partial charge on any atom is -0.328 e. The molecule has 0 radical (unpaired) electrons. The predicted octanol–water partition coefficient (Wildman–Crippen LogP) is 1.82. The highest BCUT2D eigenvalue weighted by molar-refractivity contribution is 5.95. The van der Waals surface area contributed by atoms with Crippen molar-refractivity contribution < 1.29 is 9.59 Å². The second-order valence-corrected chi connectivity index (χ2v) is 8.01. The molecule has 0 spiro atoms. The molecule has 1 aromatic rings. The summed E-state index contributed by atoms with van der Waals surface area (Å²) < 4.78 is 0. The van der Waals surface area contributed by atoms with E-state index in [-0.39, 0.29) is 28.9 Å². The first kappa shape index (κ1) is 19.4. The molecule has 0 bridgehead atoms. The molecule has 1 aliphatic heterocycles. The second-order valence-electron chi connectivity index (χ2n) is 8.01. The van der Waals surface area contributed by atoms with Gasteiger partial charge in [0.1, 0.15) is 0 Å². The first-order chi connectivity index (χ1) is 11.7. The molecule has 6 nitrogen and oxygen atoms in total. The highest BCUT2D eigenvalue weighted by Crippen LogP contribution is 2.39. The molecule has 4 N–H and O–H groups in total. The molecule has 0 atom stereocenters. The first-order valence-electron chi connectivity index (χ1n) is 8.80. The van der Waals surface area contributed by atoms with E-state index in [1.54, 1.807) is 0 Å². The Kier molecular flexibility index (Phi) is 5.85. The molecule has 6 heteroatoms. The number of rotatable bonds is 5. The smallest absolute Gasteiger partial charge is 0.254 e. The van der Waals surface area contributed by atoms with Crippen molar-refractivity contribution in [3.63, 3.8) is 0 Å². The molecule has 138 valence electrons. The van der Waals surface area contributed by atoms with Gasteiger partial charge in [0.2, 0.25) is 5.91 Å². The molecule has 1 aromatic carbocycles. The Balaban J connectivity index is 2.11. The van der Waals surface area contributed by atoms with Crippen LogP contribution in [0.4, 0.5) is 0 Å². The molecule has 1 heterocycles. The van der Waals surface area contributed by atoms with Crippen LogP contribution in [0.25, 0.3) is 0 Å². The van der Waals surface area contributed by atoms with E-state index in [0.717, 1.165) is 18.4 Å². The van der Waals surface area contributed by atoms with Crippen LogP contribution in [0.1, 0.15) is 57.3 Å². The van der Waals surface area contributed by atoms with Crippen LogP contribution in [0.2, 0.25) is 0 Å². The summed E-state index contributed by atoms with van der Waals surface area (Å²) in [7, 11) is 0. The van der Waals surface area contributed by atoms with E-state index in [9.17, 15) is 9.59 Å². The van der Waals surface area contributed by atoms with Crippen LogP contribution in [0, 0.1) is 0 Å². The molecule has 25 heavy (non-hydrogen) atoms. The molecular weight excluding hydrogens is 316 g/mol. The Bertz CT molecular complexity index is 595. The van der Waals surface area contributed by atoms with Gasteiger partial charge < -0.3 is 10.2 Å². The Labute approximate surface area is 150 Å². The fraction of sp³-hybridized carbons (Fsp3) is 0.579. The number of hydrogen-bond acceptors (Lipinski definition) is 4. The van der Waals surface area contributed by atoms with Crippen LogP contribution in [-0.2, 0) is 4.79 Å². The summed E-state index contributed by atoms with van der Waals surface area (Å²) in [6.45, 7) is 9.00. The Morgan fingerprint density at radius 2 is 1.68 bits per heavy atom. The van der Waals surface area contributed by atoms with Gasteiger partial charge in [0.05, 0.1) is 0 Å². The molecule has 0 unspecified atom stereocenters. The van der Waals surface area contributed by atoms with Gasteiger partial charge in [-0.1, -0.05) is 18.2 Å². The largest absolute Gasteiger partial charge is 0.328 e. The lowest BCUT2D eigenvalue weighted by Crippen LogP contribution is -2.65. The SMILES string of the molecule is CC1(C)CC(NCCC(=O)NN)CC(C)(C)N1C(=O)c1ccccc1. The van der Waals surface area contributed by atoms with Gasteiger partial charge in [0.25, 0.3) is 5.91 Å². The topological polar surface area (TPSA) is 87.5 Å². The van der Waals surface area contributed by atoms with Crippen molar-refractivity contribution in [2.24, 2.45) is 5.84 Å². The van der Waals surface area contributed by atoms with E-state index in [2.05, 4.69) is 38.4 Å². The van der Waals surface area contributed by atoms with Crippen LogP contribution >= 0.6 is 0 Å². The predicted molar refractivity (Wildman–Crippen MR) is 98.7 cm³/mol. The van der Waals surface area contributed by atoms with Gasteiger partial charge in [-0.25, -0.2) is 5.84 Å². The number of hydrazine groups is 1. The average molecular weight is 346 g/mol. The van der Waals surface area contributed by atoms with Crippen LogP contribution in [-0.4, -0.2) is 40.4 Å². The molecule has 2 rings (SSSR count). The van der Waals surface area contributed by atoms with Crippen molar-refractivity contribution in [1.29, 1.82) is 0 Å². The molecule has 2 amide bonds. The van der Waals surface area contributed by atoms with Crippen molar-refractivity contribution >= 4 is 11.8 Å². The van der Waals surface area contributed by atoms with Gasteiger partial charge in [0, 0.05) is 35.6 Å². The standard InChI is InChI=1S/C19H30N4O2/c1-18(2)12-15(21-11-10-16(24)22-20)13-19(3,4)23(18)17(25)14-8-6-5-7-9-14/h5-9,15,21H,10-13,20H2,1-4H3,(H,22,24). The number of carbonyl (C=O) groups is 2. The van der Waals surface area contributed by atoms with E-state index in [1.165, 1.54) is 0 Å². The summed E-state index contributed by atoms with van der Waals surface area (Å²) in [5, 5.41) is 3.44. The van der Waals surface area contributed by atoms with Gasteiger partial charge in [0.15, 0.2) is 0 Å². The van der Waals surface area contributed by atoms with Gasteiger partial charge in [-0.3, -0.25) is 15.0 Å². The maximum Gasteiger partial charge on any atom is 0.254 e. The van der Waals surface area contributed by atoms with Gasteiger partial charge in [-0.05, 0) is 52.7 Å². The zero-order valence-electron chi connectivity index (χ0n) is 15.6. The summed E-state index contributed by atoms with van der Waals surface area (Å²) in [5.41, 5.74) is 2.28. The highest BCUT2D eigenvalue weighted by atomic mass is 16.2. The van der Waals surface area contributed by atoms with E-state index in [0.29, 0.717) is 13.0 Å². The number of benzene rings is 1. The Morgan fingerprint density at radius 3 is 2.20 bits per heavy atom. The number of hydrogen-bond donors (Lipinski definition) is 3. The van der Waals surface area contributed by atoms with E-state index >= 15 is 0 Å². The number of likely N-dealkylation sites (tertiary alicyclic amines) is 1. The lowest BCUT2D eigenvalue weighted by Gasteiger charge is -2.55. The molecule has 1 aliphatic rings. The van der Waals surface area contributed by atoms with Gasteiger partial charge in [-0.15, -0.1) is 0 Å². The van der Waals surface area contributed by atoms with Crippen molar-refractivity contribution in [3.05, 3.63) is 35.9 Å². The number of nitrogens with one attached hydrogen (secondary N) is 2. The zero-order chi connectivity index (χ0) is 18.7. The van der Waals surface area contributed by atoms with Crippen molar-refractivity contribution in [1.82, 2.24) is 15.6 Å². The summed E-state index contributed by atoms with van der Waals surface area (Å²) in [5.74, 6) is 5.00. The van der Waals surface area contributed by atoms with Crippen LogP contribution < -0.4 is 16.6 Å². The fourth-order valence-corrected chi connectivity index (χ4v) is 4.15. The van der Waals surface area contributed by atoms with Crippen LogP contribution in [0.5, 0.6) is 0 Å². The van der Waals surface area contributed by atoms with E-state index in [4.69, 9.17) is 5.84 Å². The minimum atomic E-state index is -0.289. The lowest BCUT2D eigenvalue weighted by atomic mass is 9.76. The van der Waals surface area contributed by atoms with Gasteiger partial charge >= 0.3 is 0 Å². The number of amides is 2. The maximum absolute atomic E-state index is 13.1. The van der Waals surface area contributed by atoms with Crippen LogP contribution in [0.15, 0.2) is 30.3 Å². The molecular formula is C19H30N4O2. The van der Waals surface area contributed by atoms with E-state index in [1.807, 2.05) is 35.2 Å². The van der Waals surface area contributed by atoms with Gasteiger partial charge in [-0.2, -0.15) is 0 Å². The number of nitrogens with zero attached hydrogens (tertiary/aromatic N) is 1. The molecule has 0 saturated carbocycles. The molecule has 1 saturated heterocycles. The fourth-order valence-electron chi connectivity index (χ4n) is 4.15. The lowest BCUT2D eigenvalue weighted by molar-refractivity contribution is -0.121. The monoisotopic (exact) mass is 346 g/mol. The third-order valence-electron chi connectivity index (χ3n) is 4.87. The zero-order valence-corrected chi connectivity index (χ0v) is 15.6. The summed E-state index contributed by atoms with van der Waals surface area (Å²) in [4.78, 5) is 26.4. The summed E-state index contributed by atoms with van der Waals surface area (Å²) in [6, 6.07) is 9.68. The summed E-state index contributed by atoms with van der Waals surface area (Å²) >= 11 is 0. The van der Waals surface area contributed by atoms with Crippen molar-refractivity contribution in [3.8, 4) is 0 Å². The highest BCUT2D eigenvalue weighted by Gasteiger charge is 2.47. The Morgan fingerprint density at radius 1 is 1.12 bits per heavy atom. The maximum atomic E-state index is 13.1. The molecule has 0 aromatic heterocycles. The van der Waals surface area contributed by atoms with Crippen molar-refractivity contribution in [2.75, 3.05) is 6.54 Å². The second kappa shape index (κ2) is 7.54. The summed E-state index contributed by atoms with van der Waals surface area (Å²) in [6.07, 6.45) is 2.01. The van der Waals surface area contributed by atoms with E-state index < -0.39 is 0 Å².